The first kappa shape index (κ1) is 15.4. The lowest BCUT2D eigenvalue weighted by atomic mass is 10.1. The zero-order chi connectivity index (χ0) is 15.1. The van der Waals surface area contributed by atoms with Gasteiger partial charge in [-0.25, -0.2) is 0 Å². The van der Waals surface area contributed by atoms with Gasteiger partial charge in [0.05, 0.1) is 12.3 Å². The lowest BCUT2D eigenvalue weighted by molar-refractivity contribution is 0.288. The molecular formula is C16H23N3O2. The maximum atomic E-state index is 5.90. The van der Waals surface area contributed by atoms with Crippen molar-refractivity contribution in [2.24, 2.45) is 12.8 Å². The SMILES string of the molecule is CCCOc1ccc(CCN)c(OCc2ccn(C)n2)c1. The molecule has 0 fully saturated rings. The number of ether oxygens (including phenoxy) is 2. The van der Waals surface area contributed by atoms with Crippen molar-refractivity contribution in [2.75, 3.05) is 13.2 Å². The molecule has 1 aromatic carbocycles. The predicted molar refractivity (Wildman–Crippen MR) is 82.5 cm³/mol. The Hall–Kier alpha value is -2.01. The van der Waals surface area contributed by atoms with E-state index in [0.717, 1.165) is 35.6 Å². The molecule has 0 radical (unpaired) electrons. The lowest BCUT2D eigenvalue weighted by Crippen LogP contribution is -2.06. The van der Waals surface area contributed by atoms with Crippen LogP contribution < -0.4 is 15.2 Å². The minimum atomic E-state index is 0.440. The molecule has 0 aliphatic heterocycles. The van der Waals surface area contributed by atoms with Crippen LogP contribution in [0.3, 0.4) is 0 Å². The summed E-state index contributed by atoms with van der Waals surface area (Å²) in [5.74, 6) is 1.65. The monoisotopic (exact) mass is 289 g/mol. The first-order chi connectivity index (χ1) is 10.2. The Kier molecular flexibility index (Phi) is 5.63. The molecule has 2 aromatic rings. The Morgan fingerprint density at radius 1 is 1.24 bits per heavy atom. The van der Waals surface area contributed by atoms with Crippen molar-refractivity contribution in [3.8, 4) is 11.5 Å². The van der Waals surface area contributed by atoms with Gasteiger partial charge in [-0.3, -0.25) is 4.68 Å². The smallest absolute Gasteiger partial charge is 0.132 e. The van der Waals surface area contributed by atoms with E-state index >= 15 is 0 Å². The van der Waals surface area contributed by atoms with Crippen molar-refractivity contribution in [3.63, 3.8) is 0 Å². The fourth-order valence-electron chi connectivity index (χ4n) is 2.03. The van der Waals surface area contributed by atoms with E-state index in [1.54, 1.807) is 4.68 Å². The highest BCUT2D eigenvalue weighted by atomic mass is 16.5. The molecule has 0 bridgehead atoms. The zero-order valence-corrected chi connectivity index (χ0v) is 12.7. The third kappa shape index (κ3) is 4.49. The van der Waals surface area contributed by atoms with Crippen molar-refractivity contribution in [3.05, 3.63) is 41.7 Å². The third-order valence-electron chi connectivity index (χ3n) is 3.07. The van der Waals surface area contributed by atoms with E-state index in [2.05, 4.69) is 12.0 Å². The van der Waals surface area contributed by atoms with Gasteiger partial charge >= 0.3 is 0 Å². The minimum absolute atomic E-state index is 0.440. The lowest BCUT2D eigenvalue weighted by Gasteiger charge is -2.13. The van der Waals surface area contributed by atoms with Crippen LogP contribution in [0, 0.1) is 0 Å². The van der Waals surface area contributed by atoms with Gasteiger partial charge in [0.1, 0.15) is 18.1 Å². The molecule has 5 nitrogen and oxygen atoms in total. The molecule has 0 saturated heterocycles. The molecule has 21 heavy (non-hydrogen) atoms. The van der Waals surface area contributed by atoms with Gasteiger partial charge in [-0.15, -0.1) is 0 Å². The Labute approximate surface area is 125 Å². The largest absolute Gasteiger partial charge is 0.493 e. The number of nitrogens with two attached hydrogens (primary N) is 1. The fraction of sp³-hybridized carbons (Fsp3) is 0.438. The Morgan fingerprint density at radius 2 is 2.10 bits per heavy atom. The van der Waals surface area contributed by atoms with Crippen molar-refractivity contribution < 1.29 is 9.47 Å². The zero-order valence-electron chi connectivity index (χ0n) is 12.7. The predicted octanol–water partition coefficient (Wildman–Crippen LogP) is 2.29. The van der Waals surface area contributed by atoms with Crippen LogP contribution in [0.2, 0.25) is 0 Å². The number of hydrogen-bond acceptors (Lipinski definition) is 4. The molecule has 1 heterocycles. The summed E-state index contributed by atoms with van der Waals surface area (Å²) in [7, 11) is 1.89. The average Bonchev–Trinajstić information content (AvgIpc) is 2.90. The second kappa shape index (κ2) is 7.69. The van der Waals surface area contributed by atoms with Crippen LogP contribution in [0.5, 0.6) is 11.5 Å². The molecule has 0 amide bonds. The van der Waals surface area contributed by atoms with Gasteiger partial charge < -0.3 is 15.2 Å². The quantitative estimate of drug-likeness (QED) is 0.810. The van der Waals surface area contributed by atoms with Crippen LogP contribution in [0.1, 0.15) is 24.6 Å². The highest BCUT2D eigenvalue weighted by Gasteiger charge is 2.07. The second-order valence-electron chi connectivity index (χ2n) is 4.93. The summed E-state index contributed by atoms with van der Waals surface area (Å²) < 4.78 is 13.3. The van der Waals surface area contributed by atoms with Gasteiger partial charge in [0.15, 0.2) is 0 Å². The Balaban J connectivity index is 2.09. The second-order valence-corrected chi connectivity index (χ2v) is 4.93. The van der Waals surface area contributed by atoms with Gasteiger partial charge in [-0.1, -0.05) is 13.0 Å². The molecule has 0 atom stereocenters. The van der Waals surface area contributed by atoms with E-state index in [-0.39, 0.29) is 0 Å². The summed E-state index contributed by atoms with van der Waals surface area (Å²) >= 11 is 0. The van der Waals surface area contributed by atoms with Crippen molar-refractivity contribution in [1.82, 2.24) is 9.78 Å². The van der Waals surface area contributed by atoms with E-state index in [1.165, 1.54) is 0 Å². The van der Waals surface area contributed by atoms with Gasteiger partial charge in [0.25, 0.3) is 0 Å². The minimum Gasteiger partial charge on any atom is -0.493 e. The maximum Gasteiger partial charge on any atom is 0.132 e. The molecule has 114 valence electrons. The summed E-state index contributed by atoms with van der Waals surface area (Å²) in [4.78, 5) is 0. The van der Waals surface area contributed by atoms with Gasteiger partial charge in [0.2, 0.25) is 0 Å². The van der Waals surface area contributed by atoms with Gasteiger partial charge in [0, 0.05) is 19.3 Å². The van der Waals surface area contributed by atoms with E-state index < -0.39 is 0 Å². The number of nitrogens with zero attached hydrogens (tertiary/aromatic N) is 2. The summed E-state index contributed by atoms with van der Waals surface area (Å²) in [5, 5.41) is 4.31. The molecule has 2 rings (SSSR count). The third-order valence-corrected chi connectivity index (χ3v) is 3.07. The Morgan fingerprint density at radius 3 is 2.76 bits per heavy atom. The summed E-state index contributed by atoms with van der Waals surface area (Å²) in [6, 6.07) is 7.86. The number of hydrogen-bond donors (Lipinski definition) is 1. The van der Waals surface area contributed by atoms with Crippen LogP contribution in [0.25, 0.3) is 0 Å². The number of aromatic nitrogens is 2. The van der Waals surface area contributed by atoms with E-state index in [4.69, 9.17) is 15.2 Å². The first-order valence-corrected chi connectivity index (χ1v) is 7.30. The van der Waals surface area contributed by atoms with Crippen LogP contribution in [-0.4, -0.2) is 22.9 Å². The van der Waals surface area contributed by atoms with E-state index in [0.29, 0.717) is 19.8 Å². The first-order valence-electron chi connectivity index (χ1n) is 7.30. The Bertz CT molecular complexity index is 566. The molecule has 0 saturated carbocycles. The topological polar surface area (TPSA) is 62.3 Å². The summed E-state index contributed by atoms with van der Waals surface area (Å²) in [5.41, 5.74) is 7.65. The van der Waals surface area contributed by atoms with Crippen LogP contribution in [0.15, 0.2) is 30.5 Å². The summed E-state index contributed by atoms with van der Waals surface area (Å²) in [6.45, 7) is 3.82. The van der Waals surface area contributed by atoms with Crippen molar-refractivity contribution in [2.45, 2.75) is 26.4 Å². The van der Waals surface area contributed by atoms with Crippen molar-refractivity contribution in [1.29, 1.82) is 0 Å². The number of rotatable bonds is 8. The van der Waals surface area contributed by atoms with E-state index in [1.807, 2.05) is 37.5 Å². The molecule has 1 aromatic heterocycles. The molecular weight excluding hydrogens is 266 g/mol. The number of benzene rings is 1. The molecule has 0 unspecified atom stereocenters. The standard InChI is InChI=1S/C16H23N3O2/c1-3-10-20-15-5-4-13(6-8-17)16(11-15)21-12-14-7-9-19(2)18-14/h4-5,7,9,11H,3,6,8,10,12,17H2,1-2H3. The van der Waals surface area contributed by atoms with Crippen LogP contribution in [0.4, 0.5) is 0 Å². The molecule has 5 heteroatoms. The highest BCUT2D eigenvalue weighted by Crippen LogP contribution is 2.26. The molecule has 0 spiro atoms. The van der Waals surface area contributed by atoms with Crippen molar-refractivity contribution >= 4 is 0 Å². The number of aryl methyl sites for hydroxylation is 1. The fourth-order valence-corrected chi connectivity index (χ4v) is 2.03. The molecule has 2 N–H and O–H groups in total. The van der Waals surface area contributed by atoms with Gasteiger partial charge in [-0.05, 0) is 37.1 Å². The van der Waals surface area contributed by atoms with Crippen LogP contribution in [-0.2, 0) is 20.1 Å². The molecule has 0 aliphatic rings. The average molecular weight is 289 g/mol. The normalized spacial score (nSPS) is 10.6. The van der Waals surface area contributed by atoms with Crippen LogP contribution >= 0.6 is 0 Å². The molecule has 0 aliphatic carbocycles. The van der Waals surface area contributed by atoms with E-state index in [9.17, 15) is 0 Å². The van der Waals surface area contributed by atoms with Gasteiger partial charge in [-0.2, -0.15) is 5.10 Å². The maximum absolute atomic E-state index is 5.90. The summed E-state index contributed by atoms with van der Waals surface area (Å²) in [6.07, 6.45) is 3.67. The highest BCUT2D eigenvalue weighted by molar-refractivity contribution is 5.41.